The first-order valence-corrected chi connectivity index (χ1v) is 4.88. The number of likely N-dealkylation sites (tertiary alicyclic amines) is 1. The summed E-state index contributed by atoms with van der Waals surface area (Å²) in [5.41, 5.74) is -2.17. The number of carbonyl (C=O) groups is 1. The number of aliphatic hydroxyl groups is 1. The standard InChI is InChI=1S/C9H14F3NO3/c1-6(7(15)16)13-3-2-8(4-13,5-14)9(10,11)12/h6,14H,2-5H2,1H3,(H,15,16). The zero-order valence-corrected chi connectivity index (χ0v) is 8.79. The lowest BCUT2D eigenvalue weighted by Crippen LogP contribution is -2.46. The maximum absolute atomic E-state index is 12.7. The molecule has 0 bridgehead atoms. The van der Waals surface area contributed by atoms with Crippen molar-refractivity contribution in [2.75, 3.05) is 19.7 Å². The third kappa shape index (κ3) is 2.15. The van der Waals surface area contributed by atoms with Gasteiger partial charge in [0.25, 0.3) is 0 Å². The molecule has 0 aromatic heterocycles. The van der Waals surface area contributed by atoms with Crippen molar-refractivity contribution in [1.29, 1.82) is 0 Å². The molecule has 7 heteroatoms. The van der Waals surface area contributed by atoms with Gasteiger partial charge in [-0.25, -0.2) is 0 Å². The van der Waals surface area contributed by atoms with E-state index >= 15 is 0 Å². The Labute approximate surface area is 90.7 Å². The molecule has 1 fully saturated rings. The molecule has 0 aromatic carbocycles. The van der Waals surface area contributed by atoms with Crippen LogP contribution in [0.3, 0.4) is 0 Å². The second-order valence-electron chi connectivity index (χ2n) is 4.17. The van der Waals surface area contributed by atoms with Crippen LogP contribution in [0, 0.1) is 5.41 Å². The van der Waals surface area contributed by atoms with Crippen LogP contribution < -0.4 is 0 Å². The summed E-state index contributed by atoms with van der Waals surface area (Å²) in [5.74, 6) is -1.16. The van der Waals surface area contributed by atoms with Crippen molar-refractivity contribution in [3.8, 4) is 0 Å². The molecule has 0 aromatic rings. The number of hydrogen-bond acceptors (Lipinski definition) is 3. The number of hydrogen-bond donors (Lipinski definition) is 2. The lowest BCUT2D eigenvalue weighted by Gasteiger charge is -2.30. The maximum Gasteiger partial charge on any atom is 0.397 e. The smallest absolute Gasteiger partial charge is 0.397 e. The minimum absolute atomic E-state index is 0.0353. The molecular weight excluding hydrogens is 227 g/mol. The number of aliphatic carboxylic acids is 1. The molecule has 2 N–H and O–H groups in total. The molecule has 1 aliphatic heterocycles. The minimum atomic E-state index is -4.51. The normalized spacial score (nSPS) is 29.3. The molecule has 1 heterocycles. The maximum atomic E-state index is 12.7. The number of nitrogens with zero attached hydrogens (tertiary/aromatic N) is 1. The lowest BCUT2D eigenvalue weighted by molar-refractivity contribution is -0.231. The van der Waals surface area contributed by atoms with Gasteiger partial charge in [0.15, 0.2) is 0 Å². The Morgan fingerprint density at radius 1 is 1.56 bits per heavy atom. The van der Waals surface area contributed by atoms with Crippen LogP contribution in [-0.2, 0) is 4.79 Å². The highest BCUT2D eigenvalue weighted by molar-refractivity contribution is 5.72. The summed E-state index contributed by atoms with van der Waals surface area (Å²) in [7, 11) is 0. The highest BCUT2D eigenvalue weighted by atomic mass is 19.4. The molecule has 16 heavy (non-hydrogen) atoms. The van der Waals surface area contributed by atoms with E-state index < -0.39 is 36.8 Å². The largest absolute Gasteiger partial charge is 0.480 e. The summed E-state index contributed by atoms with van der Waals surface area (Å²) < 4.78 is 38.2. The monoisotopic (exact) mass is 241 g/mol. The van der Waals surface area contributed by atoms with Gasteiger partial charge in [-0.05, 0) is 13.3 Å². The zero-order valence-electron chi connectivity index (χ0n) is 8.79. The van der Waals surface area contributed by atoms with E-state index in [1.54, 1.807) is 0 Å². The molecule has 0 saturated carbocycles. The number of aliphatic hydroxyl groups excluding tert-OH is 1. The average molecular weight is 241 g/mol. The SMILES string of the molecule is CC(C(=O)O)N1CCC(CO)(C(F)(F)F)C1. The van der Waals surface area contributed by atoms with E-state index in [1.165, 1.54) is 11.8 Å². The number of alkyl halides is 3. The first-order valence-electron chi connectivity index (χ1n) is 4.88. The molecule has 1 rings (SSSR count). The summed E-state index contributed by atoms with van der Waals surface area (Å²) in [5, 5.41) is 17.6. The van der Waals surface area contributed by atoms with E-state index in [4.69, 9.17) is 10.2 Å². The Morgan fingerprint density at radius 3 is 2.44 bits per heavy atom. The molecular formula is C9H14F3NO3. The molecule has 0 spiro atoms. The molecule has 0 radical (unpaired) electrons. The second kappa shape index (κ2) is 4.21. The van der Waals surface area contributed by atoms with E-state index in [1.807, 2.05) is 0 Å². The summed E-state index contributed by atoms with van der Waals surface area (Å²) in [6.45, 7) is -0.0838. The van der Waals surface area contributed by atoms with Crippen LogP contribution in [0.15, 0.2) is 0 Å². The molecule has 1 saturated heterocycles. The molecule has 2 unspecified atom stereocenters. The number of halogens is 3. The van der Waals surface area contributed by atoms with Crippen LogP contribution in [0.2, 0.25) is 0 Å². The number of rotatable bonds is 3. The molecule has 4 nitrogen and oxygen atoms in total. The van der Waals surface area contributed by atoms with Crippen molar-refractivity contribution in [3.63, 3.8) is 0 Å². The third-order valence-electron chi connectivity index (χ3n) is 3.19. The van der Waals surface area contributed by atoms with Gasteiger partial charge in [0, 0.05) is 13.1 Å². The first kappa shape index (κ1) is 13.2. The van der Waals surface area contributed by atoms with E-state index in [-0.39, 0.29) is 13.0 Å². The molecule has 2 atom stereocenters. The molecule has 94 valence electrons. The van der Waals surface area contributed by atoms with Crippen LogP contribution in [0.25, 0.3) is 0 Å². The van der Waals surface area contributed by atoms with Gasteiger partial charge in [-0.1, -0.05) is 0 Å². The van der Waals surface area contributed by atoms with E-state index in [0.29, 0.717) is 0 Å². The van der Waals surface area contributed by atoms with Crippen LogP contribution in [0.4, 0.5) is 13.2 Å². The van der Waals surface area contributed by atoms with Gasteiger partial charge in [-0.2, -0.15) is 13.2 Å². The topological polar surface area (TPSA) is 60.8 Å². The minimum Gasteiger partial charge on any atom is -0.480 e. The Bertz CT molecular complexity index is 282. The van der Waals surface area contributed by atoms with Crippen molar-refractivity contribution < 1.29 is 28.2 Å². The Hall–Kier alpha value is -0.820. The van der Waals surface area contributed by atoms with Gasteiger partial charge >= 0.3 is 12.1 Å². The van der Waals surface area contributed by atoms with E-state index in [0.717, 1.165) is 0 Å². The van der Waals surface area contributed by atoms with Crippen LogP contribution >= 0.6 is 0 Å². The number of carboxylic acid groups (broad SMARTS) is 1. The fourth-order valence-electron chi connectivity index (χ4n) is 1.84. The predicted molar refractivity (Wildman–Crippen MR) is 48.9 cm³/mol. The third-order valence-corrected chi connectivity index (χ3v) is 3.19. The van der Waals surface area contributed by atoms with Gasteiger partial charge in [0.1, 0.15) is 11.5 Å². The van der Waals surface area contributed by atoms with Gasteiger partial charge in [0.2, 0.25) is 0 Å². The summed E-state index contributed by atoms with van der Waals surface area (Å²) in [4.78, 5) is 11.9. The second-order valence-corrected chi connectivity index (χ2v) is 4.17. The lowest BCUT2D eigenvalue weighted by atomic mass is 9.87. The van der Waals surface area contributed by atoms with Gasteiger partial charge in [-0.15, -0.1) is 0 Å². The van der Waals surface area contributed by atoms with Crippen LogP contribution in [-0.4, -0.2) is 53.0 Å². The van der Waals surface area contributed by atoms with Crippen molar-refractivity contribution in [2.45, 2.75) is 25.6 Å². The summed E-state index contributed by atoms with van der Waals surface area (Å²) >= 11 is 0. The van der Waals surface area contributed by atoms with E-state index in [9.17, 15) is 18.0 Å². The Kier molecular flexibility index (Phi) is 3.49. The van der Waals surface area contributed by atoms with E-state index in [2.05, 4.69) is 0 Å². The average Bonchev–Trinajstić information content (AvgIpc) is 2.60. The molecule has 0 amide bonds. The summed E-state index contributed by atoms with van der Waals surface area (Å²) in [6, 6.07) is -0.962. The Balaban J connectivity index is 2.80. The molecule has 0 aliphatic carbocycles. The fourth-order valence-corrected chi connectivity index (χ4v) is 1.84. The van der Waals surface area contributed by atoms with Crippen molar-refractivity contribution in [2.24, 2.45) is 5.41 Å². The van der Waals surface area contributed by atoms with Crippen LogP contribution in [0.1, 0.15) is 13.3 Å². The van der Waals surface area contributed by atoms with Crippen molar-refractivity contribution in [3.05, 3.63) is 0 Å². The number of carboxylic acids is 1. The van der Waals surface area contributed by atoms with Crippen molar-refractivity contribution in [1.82, 2.24) is 4.90 Å². The predicted octanol–water partition coefficient (Wildman–Crippen LogP) is 0.706. The zero-order chi connectivity index (χ0) is 12.6. The summed E-state index contributed by atoms with van der Waals surface area (Å²) in [6.07, 6.45) is -4.76. The quantitative estimate of drug-likeness (QED) is 0.763. The van der Waals surface area contributed by atoms with Crippen LogP contribution in [0.5, 0.6) is 0 Å². The highest BCUT2D eigenvalue weighted by Gasteiger charge is 2.58. The van der Waals surface area contributed by atoms with Gasteiger partial charge in [0.05, 0.1) is 6.61 Å². The Morgan fingerprint density at radius 2 is 2.12 bits per heavy atom. The van der Waals surface area contributed by atoms with Crippen molar-refractivity contribution >= 4 is 5.97 Å². The fraction of sp³-hybridized carbons (Fsp3) is 0.889. The van der Waals surface area contributed by atoms with Gasteiger partial charge in [-0.3, -0.25) is 9.69 Å². The van der Waals surface area contributed by atoms with Gasteiger partial charge < -0.3 is 10.2 Å². The highest BCUT2D eigenvalue weighted by Crippen LogP contribution is 2.45. The molecule has 1 aliphatic rings. The first-order chi connectivity index (χ1) is 7.23.